The van der Waals surface area contributed by atoms with Gasteiger partial charge in [-0.15, -0.1) is 13.2 Å². The fourth-order valence-electron chi connectivity index (χ4n) is 0. The fraction of sp³-hybridized carbons (Fsp3) is 0.600. The molecule has 0 N–H and O–H groups in total. The van der Waals surface area contributed by atoms with Gasteiger partial charge in [-0.25, -0.2) is 0 Å². The molecule has 0 aromatic carbocycles. The Morgan fingerprint density at radius 1 is 1.17 bits per heavy atom. The number of hydrogen-bond acceptors (Lipinski definition) is 1. The highest BCUT2D eigenvalue weighted by atomic mass is 16.6. The smallest absolute Gasteiger partial charge is 0.0701 e. The minimum Gasteiger partial charge on any atom is -0.377 e. The van der Waals surface area contributed by atoms with Crippen molar-refractivity contribution in [3.8, 4) is 0 Å². The van der Waals surface area contributed by atoms with Gasteiger partial charge in [0, 0.05) is 0 Å². The average molecular weight is 88.2 g/mol. The van der Waals surface area contributed by atoms with Crippen LogP contribution in [0.25, 0.3) is 0 Å². The highest BCUT2D eigenvalue weighted by Crippen LogP contribution is 1.84. The molecule has 0 atom stereocenters. The molecule has 1 aliphatic rings. The maximum absolute atomic E-state index is 4.50. The molecule has 0 unspecified atom stereocenters. The van der Waals surface area contributed by atoms with E-state index in [0.29, 0.717) is 0 Å². The van der Waals surface area contributed by atoms with Gasteiger partial charge in [0.1, 0.15) is 0 Å². The largest absolute Gasteiger partial charge is 0.377 e. The van der Waals surface area contributed by atoms with Gasteiger partial charge in [0.25, 0.3) is 0 Å². The summed E-state index contributed by atoms with van der Waals surface area (Å²) >= 11 is 0. The first kappa shape index (κ1) is 9.20. The summed E-state index contributed by atoms with van der Waals surface area (Å²) in [5, 5.41) is 0. The molecule has 0 amide bonds. The molecule has 0 aromatic rings. The molecule has 6 heavy (non-hydrogen) atoms. The van der Waals surface area contributed by atoms with Crippen LogP contribution in [0.5, 0.6) is 0 Å². The number of epoxide rings is 1. The van der Waals surface area contributed by atoms with Gasteiger partial charge < -0.3 is 4.74 Å². The molecule has 1 rings (SSSR count). The second-order valence-corrected chi connectivity index (χ2v) is 0.612. The normalized spacial score (nSPS) is 12.7. The van der Waals surface area contributed by atoms with Crippen molar-refractivity contribution in [2.45, 2.75) is 7.43 Å². The molecule has 1 heterocycles. The summed E-state index contributed by atoms with van der Waals surface area (Å²) in [7, 11) is 0. The molecule has 1 aliphatic heterocycles. The fourth-order valence-corrected chi connectivity index (χ4v) is 0. The molecule has 0 bridgehead atoms. The van der Waals surface area contributed by atoms with Gasteiger partial charge in [0.05, 0.1) is 13.2 Å². The third-order valence-electron chi connectivity index (χ3n) is 0.204. The Labute approximate surface area is 39.6 Å². The van der Waals surface area contributed by atoms with Crippen molar-refractivity contribution in [1.29, 1.82) is 0 Å². The third kappa shape index (κ3) is 55.0. The van der Waals surface area contributed by atoms with E-state index in [-0.39, 0.29) is 7.43 Å². The standard InChI is InChI=1S/C2H4O.C2H4.CH4/c1-2-3-1;1-2;/h1-2H2;1-2H2;1H4. The summed E-state index contributed by atoms with van der Waals surface area (Å²) in [4.78, 5) is 0. The van der Waals surface area contributed by atoms with Crippen LogP contribution >= 0.6 is 0 Å². The van der Waals surface area contributed by atoms with E-state index in [1.54, 1.807) is 0 Å². The number of rotatable bonds is 0. The van der Waals surface area contributed by atoms with Gasteiger partial charge in [0.2, 0.25) is 0 Å². The SMILES string of the molecule is C.C1CO1.C=C. The molecule has 1 saturated heterocycles. The predicted octanol–water partition coefficient (Wildman–Crippen LogP) is 1.45. The van der Waals surface area contributed by atoms with Crippen LogP contribution in [0.2, 0.25) is 0 Å². The minimum atomic E-state index is 0. The summed E-state index contributed by atoms with van der Waals surface area (Å²) in [6, 6.07) is 0. The molecular weight excluding hydrogens is 76.1 g/mol. The minimum absolute atomic E-state index is 0. The van der Waals surface area contributed by atoms with E-state index >= 15 is 0 Å². The van der Waals surface area contributed by atoms with Crippen LogP contribution in [-0.4, -0.2) is 13.2 Å². The van der Waals surface area contributed by atoms with Crippen molar-refractivity contribution in [2.75, 3.05) is 13.2 Å². The van der Waals surface area contributed by atoms with Gasteiger partial charge in [-0.3, -0.25) is 0 Å². The van der Waals surface area contributed by atoms with E-state index in [1.807, 2.05) is 0 Å². The lowest BCUT2D eigenvalue weighted by molar-refractivity contribution is 0.475. The van der Waals surface area contributed by atoms with E-state index in [9.17, 15) is 0 Å². The van der Waals surface area contributed by atoms with E-state index in [0.717, 1.165) is 13.2 Å². The first-order valence-electron chi connectivity index (χ1n) is 1.58. The lowest BCUT2D eigenvalue weighted by Crippen LogP contribution is -1.20. The number of hydrogen-bond donors (Lipinski definition) is 0. The summed E-state index contributed by atoms with van der Waals surface area (Å²) in [5.41, 5.74) is 0. The highest BCUT2D eigenvalue weighted by Gasteiger charge is 1.94. The van der Waals surface area contributed by atoms with E-state index in [4.69, 9.17) is 0 Å². The zero-order valence-corrected chi connectivity index (χ0v) is 3.24. The Bertz CT molecular complexity index is 15.1. The summed E-state index contributed by atoms with van der Waals surface area (Å²) < 4.78 is 4.50. The quantitative estimate of drug-likeness (QED) is 0.322. The zero-order chi connectivity index (χ0) is 4.12. The van der Waals surface area contributed by atoms with Crippen LogP contribution in [0.3, 0.4) is 0 Å². The summed E-state index contributed by atoms with van der Waals surface area (Å²) in [5.74, 6) is 0. The maximum atomic E-state index is 4.50. The van der Waals surface area contributed by atoms with Crippen LogP contribution in [0, 0.1) is 0 Å². The van der Waals surface area contributed by atoms with Crippen LogP contribution in [0.4, 0.5) is 0 Å². The van der Waals surface area contributed by atoms with Crippen molar-refractivity contribution in [2.24, 2.45) is 0 Å². The van der Waals surface area contributed by atoms with Crippen molar-refractivity contribution >= 4 is 0 Å². The molecule has 0 radical (unpaired) electrons. The monoisotopic (exact) mass is 88.1 g/mol. The van der Waals surface area contributed by atoms with Gasteiger partial charge in [-0.1, -0.05) is 7.43 Å². The Balaban J connectivity index is 0. The third-order valence-corrected chi connectivity index (χ3v) is 0.204. The van der Waals surface area contributed by atoms with Crippen molar-refractivity contribution in [3.05, 3.63) is 13.2 Å². The van der Waals surface area contributed by atoms with Crippen LogP contribution in [-0.2, 0) is 4.74 Å². The van der Waals surface area contributed by atoms with Crippen LogP contribution in [0.1, 0.15) is 7.43 Å². The van der Waals surface area contributed by atoms with Crippen molar-refractivity contribution in [3.63, 3.8) is 0 Å². The summed E-state index contributed by atoms with van der Waals surface area (Å²) in [6.45, 7) is 8.00. The Kier molecular flexibility index (Phi) is 13.5. The predicted molar refractivity (Wildman–Crippen MR) is 28.8 cm³/mol. The Hall–Kier alpha value is -0.300. The van der Waals surface area contributed by atoms with Crippen molar-refractivity contribution in [1.82, 2.24) is 0 Å². The second kappa shape index (κ2) is 8.83. The second-order valence-electron chi connectivity index (χ2n) is 0.612. The summed E-state index contributed by atoms with van der Waals surface area (Å²) in [6.07, 6.45) is 0. The van der Waals surface area contributed by atoms with Gasteiger partial charge in [-0.05, 0) is 0 Å². The molecule has 1 fully saturated rings. The number of ether oxygens (including phenoxy) is 1. The molecular formula is C5H12O. The first-order valence-corrected chi connectivity index (χ1v) is 1.58. The van der Waals surface area contributed by atoms with Gasteiger partial charge in [-0.2, -0.15) is 0 Å². The maximum Gasteiger partial charge on any atom is 0.0701 e. The first-order chi connectivity index (χ1) is 2.50. The van der Waals surface area contributed by atoms with Crippen LogP contribution < -0.4 is 0 Å². The molecule has 0 aliphatic carbocycles. The van der Waals surface area contributed by atoms with E-state index in [1.165, 1.54) is 0 Å². The molecule has 0 saturated carbocycles. The molecule has 0 spiro atoms. The lowest BCUT2D eigenvalue weighted by atomic mass is 11.0. The van der Waals surface area contributed by atoms with Crippen LogP contribution in [0.15, 0.2) is 13.2 Å². The highest BCUT2D eigenvalue weighted by molar-refractivity contribution is 4.36. The average Bonchev–Trinajstić information content (AvgIpc) is 2.19. The molecule has 38 valence electrons. The molecule has 1 nitrogen and oxygen atoms in total. The van der Waals surface area contributed by atoms with E-state index in [2.05, 4.69) is 17.9 Å². The topological polar surface area (TPSA) is 12.5 Å². The van der Waals surface area contributed by atoms with Crippen molar-refractivity contribution < 1.29 is 4.74 Å². The molecule has 1 heteroatoms. The van der Waals surface area contributed by atoms with Gasteiger partial charge >= 0.3 is 0 Å². The Morgan fingerprint density at radius 3 is 1.33 bits per heavy atom. The molecule has 0 aromatic heterocycles. The van der Waals surface area contributed by atoms with E-state index < -0.39 is 0 Å². The van der Waals surface area contributed by atoms with Gasteiger partial charge in [0.15, 0.2) is 0 Å². The lowest BCUT2D eigenvalue weighted by Gasteiger charge is -1.24. The zero-order valence-electron chi connectivity index (χ0n) is 3.24. The Morgan fingerprint density at radius 2 is 1.33 bits per heavy atom.